The van der Waals surface area contributed by atoms with E-state index in [0.717, 1.165) is 0 Å². The Morgan fingerprint density at radius 2 is 2.09 bits per heavy atom. The van der Waals surface area contributed by atoms with Crippen molar-refractivity contribution >= 4 is 11.8 Å². The fourth-order valence-corrected chi connectivity index (χ4v) is 0.582. The monoisotopic (exact) mass is 159 g/mol. The van der Waals surface area contributed by atoms with Gasteiger partial charge in [0.15, 0.2) is 0 Å². The van der Waals surface area contributed by atoms with E-state index in [4.69, 9.17) is 5.73 Å². The number of hydrogen-bond acceptors (Lipinski definition) is 3. The Morgan fingerprint density at radius 3 is 2.45 bits per heavy atom. The highest BCUT2D eigenvalue weighted by Gasteiger charge is 2.11. The number of hydrogen-bond donors (Lipinski definition) is 3. The van der Waals surface area contributed by atoms with Crippen molar-refractivity contribution in [2.75, 3.05) is 13.6 Å². The lowest BCUT2D eigenvalue weighted by atomic mass is 10.3. The van der Waals surface area contributed by atoms with E-state index in [-0.39, 0.29) is 18.4 Å². The highest BCUT2D eigenvalue weighted by Crippen LogP contribution is 1.79. The number of likely N-dealkylation sites (N-methyl/N-ethyl adjacent to an activating group) is 1. The molecule has 0 radical (unpaired) electrons. The van der Waals surface area contributed by atoms with Gasteiger partial charge in [0.25, 0.3) is 0 Å². The molecule has 0 bridgehead atoms. The molecule has 0 aliphatic carbocycles. The second-order valence-electron chi connectivity index (χ2n) is 2.11. The number of rotatable bonds is 3. The summed E-state index contributed by atoms with van der Waals surface area (Å²) in [4.78, 5) is 21.4. The molecule has 0 spiro atoms. The van der Waals surface area contributed by atoms with Crippen molar-refractivity contribution in [3.8, 4) is 0 Å². The van der Waals surface area contributed by atoms with Gasteiger partial charge in [-0.15, -0.1) is 0 Å². The minimum Gasteiger partial charge on any atom is -0.357 e. The van der Waals surface area contributed by atoms with Crippen LogP contribution in [0.25, 0.3) is 0 Å². The van der Waals surface area contributed by atoms with Crippen LogP contribution < -0.4 is 16.4 Å². The topological polar surface area (TPSA) is 84.2 Å². The highest BCUT2D eigenvalue weighted by atomic mass is 16.2. The standard InChI is InChI=1S/C6H13N3O2/c1-4(6(11)8-2)9-5(10)3-7/h4H,3,7H2,1-2H3,(H,8,11)(H,9,10)/t4-/m1/s1. The van der Waals surface area contributed by atoms with Gasteiger partial charge in [-0.2, -0.15) is 0 Å². The fraction of sp³-hybridized carbons (Fsp3) is 0.667. The Balaban J connectivity index is 3.77. The molecule has 0 aromatic rings. The lowest BCUT2D eigenvalue weighted by Crippen LogP contribution is -2.45. The third kappa shape index (κ3) is 3.57. The van der Waals surface area contributed by atoms with Crippen molar-refractivity contribution < 1.29 is 9.59 Å². The van der Waals surface area contributed by atoms with Crippen molar-refractivity contribution in [1.82, 2.24) is 10.6 Å². The summed E-state index contributed by atoms with van der Waals surface area (Å²) in [6, 6.07) is -0.518. The summed E-state index contributed by atoms with van der Waals surface area (Å²) in [7, 11) is 1.51. The van der Waals surface area contributed by atoms with Crippen LogP contribution in [0, 0.1) is 0 Å². The third-order valence-corrected chi connectivity index (χ3v) is 1.20. The van der Waals surface area contributed by atoms with Gasteiger partial charge in [0.05, 0.1) is 6.54 Å². The Labute approximate surface area is 65.3 Å². The molecule has 1 atom stereocenters. The SMILES string of the molecule is CNC(=O)[C@@H](C)NC(=O)CN. The van der Waals surface area contributed by atoms with E-state index >= 15 is 0 Å². The Morgan fingerprint density at radius 1 is 1.55 bits per heavy atom. The van der Waals surface area contributed by atoms with Gasteiger partial charge in [-0.05, 0) is 6.92 Å². The summed E-state index contributed by atoms with van der Waals surface area (Å²) in [5.74, 6) is -0.562. The maximum atomic E-state index is 10.8. The van der Waals surface area contributed by atoms with E-state index in [9.17, 15) is 9.59 Å². The zero-order valence-electron chi connectivity index (χ0n) is 6.68. The predicted octanol–water partition coefficient (Wildman–Crippen LogP) is -1.80. The van der Waals surface area contributed by atoms with E-state index in [1.165, 1.54) is 7.05 Å². The van der Waals surface area contributed by atoms with E-state index in [1.807, 2.05) is 0 Å². The van der Waals surface area contributed by atoms with Crippen LogP contribution in [-0.4, -0.2) is 31.4 Å². The van der Waals surface area contributed by atoms with Crippen molar-refractivity contribution in [1.29, 1.82) is 0 Å². The number of carbonyl (C=O) groups is 2. The summed E-state index contributed by atoms with van der Waals surface area (Å²) in [6.45, 7) is 1.49. The molecule has 5 heteroatoms. The maximum absolute atomic E-state index is 10.8. The highest BCUT2D eigenvalue weighted by molar-refractivity contribution is 5.87. The lowest BCUT2D eigenvalue weighted by Gasteiger charge is -2.10. The van der Waals surface area contributed by atoms with Gasteiger partial charge in [0, 0.05) is 7.05 Å². The zero-order valence-corrected chi connectivity index (χ0v) is 6.68. The van der Waals surface area contributed by atoms with Gasteiger partial charge in [-0.3, -0.25) is 9.59 Å². The van der Waals surface area contributed by atoms with Crippen molar-refractivity contribution in [3.63, 3.8) is 0 Å². The molecule has 0 saturated carbocycles. The molecule has 0 aromatic heterocycles. The predicted molar refractivity (Wildman–Crippen MR) is 40.7 cm³/mol. The largest absolute Gasteiger partial charge is 0.357 e. The Bertz CT molecular complexity index is 158. The number of carbonyl (C=O) groups excluding carboxylic acids is 2. The van der Waals surface area contributed by atoms with E-state index < -0.39 is 6.04 Å². The minimum absolute atomic E-state index is 0.0959. The van der Waals surface area contributed by atoms with Crippen LogP contribution in [0.4, 0.5) is 0 Å². The molecule has 0 aliphatic rings. The molecule has 64 valence electrons. The fourth-order valence-electron chi connectivity index (χ4n) is 0.582. The zero-order chi connectivity index (χ0) is 8.85. The average molecular weight is 159 g/mol. The third-order valence-electron chi connectivity index (χ3n) is 1.20. The molecular weight excluding hydrogens is 146 g/mol. The summed E-state index contributed by atoms with van der Waals surface area (Å²) < 4.78 is 0. The number of nitrogens with one attached hydrogen (secondary N) is 2. The first-order chi connectivity index (χ1) is 5.11. The molecule has 0 aliphatic heterocycles. The molecule has 0 rings (SSSR count). The van der Waals surface area contributed by atoms with Gasteiger partial charge in [-0.1, -0.05) is 0 Å². The normalized spacial score (nSPS) is 11.9. The average Bonchev–Trinajstić information content (AvgIpc) is 2.02. The van der Waals surface area contributed by atoms with E-state index in [1.54, 1.807) is 6.92 Å². The first-order valence-electron chi connectivity index (χ1n) is 3.32. The summed E-state index contributed by atoms with van der Waals surface area (Å²) in [6.07, 6.45) is 0. The molecule has 0 heterocycles. The Kier molecular flexibility index (Phi) is 4.21. The first kappa shape index (κ1) is 9.90. The molecule has 0 saturated heterocycles. The van der Waals surface area contributed by atoms with Crippen LogP contribution in [0.15, 0.2) is 0 Å². The van der Waals surface area contributed by atoms with E-state index in [2.05, 4.69) is 10.6 Å². The molecular formula is C6H13N3O2. The summed E-state index contributed by atoms with van der Waals surface area (Å²) in [5, 5.41) is 4.80. The molecule has 11 heavy (non-hydrogen) atoms. The van der Waals surface area contributed by atoms with Crippen molar-refractivity contribution in [2.24, 2.45) is 5.73 Å². The van der Waals surface area contributed by atoms with Gasteiger partial charge in [-0.25, -0.2) is 0 Å². The van der Waals surface area contributed by atoms with Crippen LogP contribution in [0.5, 0.6) is 0 Å². The van der Waals surface area contributed by atoms with Crippen molar-refractivity contribution in [3.05, 3.63) is 0 Å². The molecule has 0 fully saturated rings. The minimum atomic E-state index is -0.518. The first-order valence-corrected chi connectivity index (χ1v) is 3.32. The second-order valence-corrected chi connectivity index (χ2v) is 2.11. The Hall–Kier alpha value is -1.10. The molecule has 0 unspecified atom stereocenters. The van der Waals surface area contributed by atoms with Crippen LogP contribution >= 0.6 is 0 Å². The molecule has 4 N–H and O–H groups in total. The number of nitrogens with two attached hydrogens (primary N) is 1. The van der Waals surface area contributed by atoms with Crippen LogP contribution in [0.1, 0.15) is 6.92 Å². The van der Waals surface area contributed by atoms with Gasteiger partial charge < -0.3 is 16.4 Å². The van der Waals surface area contributed by atoms with E-state index in [0.29, 0.717) is 0 Å². The van der Waals surface area contributed by atoms with Crippen LogP contribution in [0.2, 0.25) is 0 Å². The number of amides is 2. The maximum Gasteiger partial charge on any atom is 0.242 e. The van der Waals surface area contributed by atoms with Gasteiger partial charge in [0.2, 0.25) is 11.8 Å². The molecule has 5 nitrogen and oxygen atoms in total. The van der Waals surface area contributed by atoms with Gasteiger partial charge >= 0.3 is 0 Å². The summed E-state index contributed by atoms with van der Waals surface area (Å²) >= 11 is 0. The van der Waals surface area contributed by atoms with Crippen molar-refractivity contribution in [2.45, 2.75) is 13.0 Å². The summed E-state index contributed by atoms with van der Waals surface area (Å²) in [5.41, 5.74) is 5.02. The lowest BCUT2D eigenvalue weighted by molar-refractivity contribution is -0.127. The molecule has 2 amide bonds. The molecule has 0 aromatic carbocycles. The van der Waals surface area contributed by atoms with Crippen LogP contribution in [-0.2, 0) is 9.59 Å². The van der Waals surface area contributed by atoms with Crippen LogP contribution in [0.3, 0.4) is 0 Å². The van der Waals surface area contributed by atoms with Gasteiger partial charge in [0.1, 0.15) is 6.04 Å². The smallest absolute Gasteiger partial charge is 0.242 e. The second kappa shape index (κ2) is 4.68. The quantitative estimate of drug-likeness (QED) is 0.454.